The van der Waals surface area contributed by atoms with Gasteiger partial charge in [-0.3, -0.25) is 4.79 Å². The maximum atomic E-state index is 12.6. The van der Waals surface area contributed by atoms with E-state index < -0.39 is 0 Å². The SMILES string of the molecule is CCC(C)Cn1c(C(C)NC(=O)Cc2ccccc2C)nc2ccccc21. The Balaban J connectivity index is 1.82. The molecule has 1 aromatic heterocycles. The molecular formula is C23H29N3O. The second kappa shape index (κ2) is 8.38. The predicted octanol–water partition coefficient (Wildman–Crippen LogP) is 4.81. The van der Waals surface area contributed by atoms with E-state index >= 15 is 0 Å². The molecule has 0 spiro atoms. The lowest BCUT2D eigenvalue weighted by Crippen LogP contribution is -2.30. The molecule has 0 bridgehead atoms. The molecule has 3 aromatic rings. The first-order valence-electron chi connectivity index (χ1n) is 9.78. The van der Waals surface area contributed by atoms with Gasteiger partial charge in [-0.15, -0.1) is 0 Å². The van der Waals surface area contributed by atoms with Crippen LogP contribution in [0.3, 0.4) is 0 Å². The Kier molecular flexibility index (Phi) is 5.94. The summed E-state index contributed by atoms with van der Waals surface area (Å²) < 4.78 is 2.27. The van der Waals surface area contributed by atoms with E-state index in [9.17, 15) is 4.79 Å². The van der Waals surface area contributed by atoms with Gasteiger partial charge >= 0.3 is 0 Å². The Labute approximate surface area is 161 Å². The highest BCUT2D eigenvalue weighted by Gasteiger charge is 2.19. The number of aryl methyl sites for hydroxylation is 1. The van der Waals surface area contributed by atoms with Gasteiger partial charge in [0.15, 0.2) is 0 Å². The van der Waals surface area contributed by atoms with Crippen molar-refractivity contribution in [2.75, 3.05) is 0 Å². The molecule has 2 aromatic carbocycles. The van der Waals surface area contributed by atoms with Gasteiger partial charge < -0.3 is 9.88 Å². The summed E-state index contributed by atoms with van der Waals surface area (Å²) in [6.45, 7) is 9.42. The molecule has 3 rings (SSSR count). The summed E-state index contributed by atoms with van der Waals surface area (Å²) >= 11 is 0. The summed E-state index contributed by atoms with van der Waals surface area (Å²) in [5.74, 6) is 1.50. The quantitative estimate of drug-likeness (QED) is 0.655. The topological polar surface area (TPSA) is 46.9 Å². The van der Waals surface area contributed by atoms with Gasteiger partial charge in [0.05, 0.1) is 23.5 Å². The van der Waals surface area contributed by atoms with E-state index in [2.05, 4.69) is 29.8 Å². The van der Waals surface area contributed by atoms with Crippen molar-refractivity contribution in [3.8, 4) is 0 Å². The Hall–Kier alpha value is -2.62. The summed E-state index contributed by atoms with van der Waals surface area (Å²) in [6.07, 6.45) is 1.50. The van der Waals surface area contributed by atoms with Gasteiger partial charge in [0.25, 0.3) is 0 Å². The molecule has 0 saturated carbocycles. The fourth-order valence-corrected chi connectivity index (χ4v) is 3.40. The standard InChI is InChI=1S/C23H29N3O/c1-5-16(2)15-26-21-13-9-8-12-20(21)25-23(26)18(4)24-22(27)14-19-11-7-6-10-17(19)3/h6-13,16,18H,5,14-15H2,1-4H3,(H,24,27). The van der Waals surface area contributed by atoms with Crippen LogP contribution in [-0.2, 0) is 17.8 Å². The van der Waals surface area contributed by atoms with Crippen LogP contribution in [0.1, 0.15) is 50.2 Å². The largest absolute Gasteiger partial charge is 0.346 e. The highest BCUT2D eigenvalue weighted by molar-refractivity contribution is 5.80. The fraction of sp³-hybridized carbons (Fsp3) is 0.391. The lowest BCUT2D eigenvalue weighted by Gasteiger charge is -2.19. The van der Waals surface area contributed by atoms with E-state index in [1.165, 1.54) is 0 Å². The monoisotopic (exact) mass is 363 g/mol. The van der Waals surface area contributed by atoms with E-state index in [0.29, 0.717) is 12.3 Å². The minimum Gasteiger partial charge on any atom is -0.346 e. The molecule has 1 N–H and O–H groups in total. The minimum atomic E-state index is -0.141. The van der Waals surface area contributed by atoms with Crippen LogP contribution in [0.4, 0.5) is 0 Å². The van der Waals surface area contributed by atoms with Crippen molar-refractivity contribution in [3.63, 3.8) is 0 Å². The van der Waals surface area contributed by atoms with E-state index in [1.54, 1.807) is 0 Å². The van der Waals surface area contributed by atoms with Crippen LogP contribution < -0.4 is 5.32 Å². The Morgan fingerprint density at radius 1 is 1.11 bits per heavy atom. The molecule has 0 fully saturated rings. The smallest absolute Gasteiger partial charge is 0.225 e. The molecule has 142 valence electrons. The number of hydrogen-bond acceptors (Lipinski definition) is 2. The molecule has 1 amide bonds. The van der Waals surface area contributed by atoms with E-state index in [4.69, 9.17) is 4.98 Å². The van der Waals surface area contributed by atoms with Gasteiger partial charge in [-0.05, 0) is 43.0 Å². The first-order chi connectivity index (χ1) is 13.0. The summed E-state index contributed by atoms with van der Waals surface area (Å²) in [7, 11) is 0. The minimum absolute atomic E-state index is 0.0268. The Morgan fingerprint density at radius 2 is 1.81 bits per heavy atom. The molecule has 0 aliphatic heterocycles. The number of nitrogens with one attached hydrogen (secondary N) is 1. The normalized spacial score (nSPS) is 13.5. The molecule has 0 aliphatic carbocycles. The maximum absolute atomic E-state index is 12.6. The van der Waals surface area contributed by atoms with Crippen LogP contribution in [-0.4, -0.2) is 15.5 Å². The predicted molar refractivity (Wildman–Crippen MR) is 111 cm³/mol. The second-order valence-electron chi connectivity index (χ2n) is 7.48. The van der Waals surface area contributed by atoms with Crippen molar-refractivity contribution in [2.45, 2.75) is 53.1 Å². The van der Waals surface area contributed by atoms with Crippen LogP contribution in [0.15, 0.2) is 48.5 Å². The number of hydrogen-bond donors (Lipinski definition) is 1. The van der Waals surface area contributed by atoms with Crippen molar-refractivity contribution in [2.24, 2.45) is 5.92 Å². The number of amides is 1. The van der Waals surface area contributed by atoms with Crippen LogP contribution in [0.25, 0.3) is 11.0 Å². The molecule has 0 saturated heterocycles. The molecule has 1 heterocycles. The highest BCUT2D eigenvalue weighted by atomic mass is 16.1. The number of carbonyl (C=O) groups excluding carboxylic acids is 1. The van der Waals surface area contributed by atoms with E-state index in [1.807, 2.05) is 56.3 Å². The fourth-order valence-electron chi connectivity index (χ4n) is 3.40. The van der Waals surface area contributed by atoms with Gasteiger partial charge in [0, 0.05) is 6.54 Å². The number of rotatable bonds is 7. The molecule has 2 unspecified atom stereocenters. The second-order valence-corrected chi connectivity index (χ2v) is 7.48. The third-order valence-corrected chi connectivity index (χ3v) is 5.25. The molecular weight excluding hydrogens is 334 g/mol. The van der Waals surface area contributed by atoms with Crippen molar-refractivity contribution < 1.29 is 4.79 Å². The van der Waals surface area contributed by atoms with Gasteiger partial charge in [0.2, 0.25) is 5.91 Å². The summed E-state index contributed by atoms with van der Waals surface area (Å²) in [4.78, 5) is 17.4. The van der Waals surface area contributed by atoms with Crippen LogP contribution in [0.2, 0.25) is 0 Å². The number of nitrogens with zero attached hydrogens (tertiary/aromatic N) is 2. The number of benzene rings is 2. The summed E-state index contributed by atoms with van der Waals surface area (Å²) in [6, 6.07) is 16.1. The zero-order valence-corrected chi connectivity index (χ0v) is 16.7. The van der Waals surface area contributed by atoms with Gasteiger partial charge in [0.1, 0.15) is 5.82 Å². The molecule has 4 heteroatoms. The lowest BCUT2D eigenvalue weighted by atomic mass is 10.1. The van der Waals surface area contributed by atoms with E-state index in [0.717, 1.165) is 41.0 Å². The van der Waals surface area contributed by atoms with Crippen molar-refractivity contribution in [1.82, 2.24) is 14.9 Å². The number of imidazole rings is 1. The first-order valence-corrected chi connectivity index (χ1v) is 9.78. The number of fused-ring (bicyclic) bond motifs is 1. The first kappa shape index (κ1) is 19.2. The van der Waals surface area contributed by atoms with Gasteiger partial charge in [-0.25, -0.2) is 4.98 Å². The highest BCUT2D eigenvalue weighted by Crippen LogP contribution is 2.23. The molecule has 27 heavy (non-hydrogen) atoms. The summed E-state index contributed by atoms with van der Waals surface area (Å²) in [5, 5.41) is 3.14. The van der Waals surface area contributed by atoms with Gasteiger partial charge in [-0.1, -0.05) is 56.7 Å². The number of para-hydroxylation sites is 2. The zero-order valence-electron chi connectivity index (χ0n) is 16.7. The van der Waals surface area contributed by atoms with Gasteiger partial charge in [-0.2, -0.15) is 0 Å². The van der Waals surface area contributed by atoms with Crippen molar-refractivity contribution in [1.29, 1.82) is 0 Å². The maximum Gasteiger partial charge on any atom is 0.225 e. The Bertz CT molecular complexity index is 928. The van der Waals surface area contributed by atoms with E-state index in [-0.39, 0.29) is 11.9 Å². The van der Waals surface area contributed by atoms with Crippen molar-refractivity contribution in [3.05, 3.63) is 65.5 Å². The average Bonchev–Trinajstić information content (AvgIpc) is 3.02. The molecule has 0 aliphatic rings. The third kappa shape index (κ3) is 4.38. The third-order valence-electron chi connectivity index (χ3n) is 5.25. The van der Waals surface area contributed by atoms with Crippen LogP contribution in [0, 0.1) is 12.8 Å². The lowest BCUT2D eigenvalue weighted by molar-refractivity contribution is -0.121. The Morgan fingerprint density at radius 3 is 2.56 bits per heavy atom. The zero-order chi connectivity index (χ0) is 19.4. The molecule has 4 nitrogen and oxygen atoms in total. The number of aromatic nitrogens is 2. The molecule has 2 atom stereocenters. The van der Waals surface area contributed by atoms with Crippen LogP contribution >= 0.6 is 0 Å². The number of carbonyl (C=O) groups is 1. The average molecular weight is 364 g/mol. The van der Waals surface area contributed by atoms with Crippen molar-refractivity contribution >= 4 is 16.9 Å². The molecule has 0 radical (unpaired) electrons. The van der Waals surface area contributed by atoms with Crippen LogP contribution in [0.5, 0.6) is 0 Å². The summed E-state index contributed by atoms with van der Waals surface area (Å²) in [5.41, 5.74) is 4.32.